The number of nitrogens with zero attached hydrogens (tertiary/aromatic N) is 2. The molecule has 2 aromatic carbocycles. The van der Waals surface area contributed by atoms with E-state index >= 15 is 0 Å². The number of carbonyl (C=O) groups is 1. The highest BCUT2D eigenvalue weighted by atomic mass is 16.5. The van der Waals surface area contributed by atoms with Crippen LogP contribution in [0, 0.1) is 11.8 Å². The van der Waals surface area contributed by atoms with Gasteiger partial charge in [0.1, 0.15) is 11.3 Å². The van der Waals surface area contributed by atoms with E-state index in [0.29, 0.717) is 11.8 Å². The number of ether oxygens (including phenoxy) is 1. The number of carboxylic acid groups (broad SMARTS) is 1. The summed E-state index contributed by atoms with van der Waals surface area (Å²) in [6, 6.07) is 16.3. The first kappa shape index (κ1) is 24.6. The van der Waals surface area contributed by atoms with Gasteiger partial charge >= 0.3 is 5.97 Å². The number of hydrogen-bond donors (Lipinski definition) is 2. The molecular formula is C30H36N2O4. The number of aliphatic hydroxyl groups is 1. The Balaban J connectivity index is 1.39. The van der Waals surface area contributed by atoms with Crippen LogP contribution in [0.5, 0.6) is 5.75 Å². The van der Waals surface area contributed by atoms with E-state index in [0.717, 1.165) is 47.5 Å². The largest absolute Gasteiger partial charge is 0.490 e. The first-order valence-electron chi connectivity index (χ1n) is 13.3. The summed E-state index contributed by atoms with van der Waals surface area (Å²) in [5, 5.41) is 23.5. The van der Waals surface area contributed by atoms with E-state index in [1.807, 2.05) is 24.3 Å². The third-order valence-corrected chi connectivity index (χ3v) is 7.94. The Morgan fingerprint density at radius 2 is 1.86 bits per heavy atom. The van der Waals surface area contributed by atoms with Crippen molar-refractivity contribution in [3.05, 3.63) is 66.0 Å². The van der Waals surface area contributed by atoms with Crippen LogP contribution in [0.2, 0.25) is 0 Å². The summed E-state index contributed by atoms with van der Waals surface area (Å²) in [5.41, 5.74) is 3.98. The van der Waals surface area contributed by atoms with Crippen molar-refractivity contribution in [3.63, 3.8) is 0 Å². The van der Waals surface area contributed by atoms with Gasteiger partial charge < -0.3 is 14.9 Å². The van der Waals surface area contributed by atoms with Crippen molar-refractivity contribution in [1.82, 2.24) is 9.78 Å². The molecule has 0 amide bonds. The molecule has 1 aromatic heterocycles. The first-order chi connectivity index (χ1) is 17.5. The lowest BCUT2D eigenvalue weighted by Crippen LogP contribution is -2.25. The summed E-state index contributed by atoms with van der Waals surface area (Å²) >= 11 is 0. The van der Waals surface area contributed by atoms with Crippen molar-refractivity contribution in [3.8, 4) is 22.6 Å². The molecule has 5 rings (SSSR count). The molecule has 2 fully saturated rings. The second kappa shape index (κ2) is 10.9. The van der Waals surface area contributed by atoms with Crippen LogP contribution in [-0.4, -0.2) is 38.7 Å². The highest BCUT2D eigenvalue weighted by Crippen LogP contribution is 2.51. The van der Waals surface area contributed by atoms with Gasteiger partial charge in [0.2, 0.25) is 0 Å². The molecule has 2 N–H and O–H groups in total. The van der Waals surface area contributed by atoms with Crippen molar-refractivity contribution in [2.45, 2.75) is 70.3 Å². The topological polar surface area (TPSA) is 84.6 Å². The monoisotopic (exact) mass is 488 g/mol. The zero-order chi connectivity index (χ0) is 25.1. The Morgan fingerprint density at radius 3 is 2.61 bits per heavy atom. The minimum atomic E-state index is -0.947. The lowest BCUT2D eigenvalue weighted by Gasteiger charge is -2.28. The third kappa shape index (κ3) is 5.34. The zero-order valence-electron chi connectivity index (χ0n) is 21.0. The van der Waals surface area contributed by atoms with Gasteiger partial charge in [-0.25, -0.2) is 9.48 Å². The summed E-state index contributed by atoms with van der Waals surface area (Å²) in [6.07, 6.45) is 10.7. The Kier molecular flexibility index (Phi) is 7.42. The molecule has 6 heteroatoms. The average molecular weight is 489 g/mol. The minimum absolute atomic E-state index is 0.159. The second-order valence-corrected chi connectivity index (χ2v) is 10.4. The number of benzene rings is 2. The molecule has 36 heavy (non-hydrogen) atoms. The van der Waals surface area contributed by atoms with Crippen molar-refractivity contribution in [1.29, 1.82) is 0 Å². The van der Waals surface area contributed by atoms with Crippen LogP contribution in [0.25, 0.3) is 16.8 Å². The predicted molar refractivity (Wildman–Crippen MR) is 140 cm³/mol. The zero-order valence-corrected chi connectivity index (χ0v) is 21.0. The number of carboxylic acids is 1. The molecule has 0 saturated heterocycles. The molecule has 0 bridgehead atoms. The maximum absolute atomic E-state index is 11.9. The number of aromatic nitrogens is 2. The van der Waals surface area contributed by atoms with Gasteiger partial charge in [0.25, 0.3) is 0 Å². The Labute approximate surface area is 212 Å². The molecule has 2 aliphatic rings. The summed E-state index contributed by atoms with van der Waals surface area (Å²) in [4.78, 5) is 11.9. The number of hydrogen-bond acceptors (Lipinski definition) is 4. The summed E-state index contributed by atoms with van der Waals surface area (Å²) in [7, 11) is 0. The number of rotatable bonds is 10. The lowest BCUT2D eigenvalue weighted by molar-refractivity contribution is 0.0695. The van der Waals surface area contributed by atoms with Gasteiger partial charge in [-0.15, -0.1) is 0 Å². The number of aromatic carboxylic acids is 1. The third-order valence-electron chi connectivity index (χ3n) is 7.94. The van der Waals surface area contributed by atoms with Crippen LogP contribution in [0.4, 0.5) is 0 Å². The molecule has 0 spiro atoms. The fourth-order valence-electron chi connectivity index (χ4n) is 5.82. The van der Waals surface area contributed by atoms with Crippen LogP contribution < -0.4 is 4.74 Å². The smallest absolute Gasteiger partial charge is 0.339 e. The summed E-state index contributed by atoms with van der Waals surface area (Å²) in [6.45, 7) is 2.35. The maximum atomic E-state index is 11.9. The van der Waals surface area contributed by atoms with Crippen molar-refractivity contribution in [2.75, 3.05) is 6.61 Å². The van der Waals surface area contributed by atoms with Gasteiger partial charge in [-0.1, -0.05) is 43.5 Å². The van der Waals surface area contributed by atoms with Crippen molar-refractivity contribution < 1.29 is 19.7 Å². The van der Waals surface area contributed by atoms with E-state index in [2.05, 4.69) is 36.3 Å². The van der Waals surface area contributed by atoms with E-state index in [-0.39, 0.29) is 24.2 Å². The van der Waals surface area contributed by atoms with Gasteiger partial charge in [0, 0.05) is 12.5 Å². The molecule has 0 aliphatic heterocycles. The second-order valence-electron chi connectivity index (χ2n) is 10.4. The molecule has 1 heterocycles. The molecule has 190 valence electrons. The summed E-state index contributed by atoms with van der Waals surface area (Å²) < 4.78 is 8.16. The van der Waals surface area contributed by atoms with Crippen LogP contribution in [0.3, 0.4) is 0 Å². The predicted octanol–water partition coefficient (Wildman–Crippen LogP) is 6.46. The molecule has 3 atom stereocenters. The average Bonchev–Trinajstić information content (AvgIpc) is 3.53. The van der Waals surface area contributed by atoms with E-state index in [4.69, 9.17) is 4.74 Å². The Hall–Kier alpha value is -3.12. The van der Waals surface area contributed by atoms with Crippen molar-refractivity contribution >= 4 is 5.97 Å². The standard InChI is InChI=1S/C30H36N2O4/c1-20(21-8-3-2-4-9-21)36-26-14-6-11-23(17-26)22-10-5-13-25(16-22)32-29(28(19-31-32)30(34)35)27-18-24(27)12-7-15-33/h5-6,10-11,13-14,16-17,19-21,24,27,33H,2-4,7-9,12,15,18H2,1H3,(H,34,35)/t20-,24+,27+/m0/s1. The van der Waals surface area contributed by atoms with E-state index in [9.17, 15) is 15.0 Å². The van der Waals surface area contributed by atoms with Crippen LogP contribution in [-0.2, 0) is 0 Å². The molecule has 2 aliphatic carbocycles. The fourth-order valence-corrected chi connectivity index (χ4v) is 5.82. The molecule has 2 saturated carbocycles. The normalized spacial score (nSPS) is 20.7. The van der Waals surface area contributed by atoms with E-state index < -0.39 is 5.97 Å². The van der Waals surface area contributed by atoms with Gasteiger partial charge in [-0.2, -0.15) is 5.10 Å². The maximum Gasteiger partial charge on any atom is 0.339 e. The number of aliphatic hydroxyl groups excluding tert-OH is 1. The van der Waals surface area contributed by atoms with E-state index in [1.165, 1.54) is 38.3 Å². The minimum Gasteiger partial charge on any atom is -0.490 e. The van der Waals surface area contributed by atoms with Gasteiger partial charge in [-0.05, 0) is 86.3 Å². The van der Waals surface area contributed by atoms with Crippen LogP contribution in [0.1, 0.15) is 80.3 Å². The molecule has 6 nitrogen and oxygen atoms in total. The van der Waals surface area contributed by atoms with Crippen LogP contribution >= 0.6 is 0 Å². The SMILES string of the molecule is C[C@H](Oc1cccc(-c2cccc(-n3ncc(C(=O)O)c3[C@@H]3C[C@H]3CCCO)c2)c1)C1CCCCC1. The fraction of sp³-hybridized carbons (Fsp3) is 0.467. The highest BCUT2D eigenvalue weighted by molar-refractivity contribution is 5.89. The quantitative estimate of drug-likeness (QED) is 0.342. The molecular weight excluding hydrogens is 452 g/mol. The van der Waals surface area contributed by atoms with Crippen LogP contribution in [0.15, 0.2) is 54.7 Å². The van der Waals surface area contributed by atoms with Crippen molar-refractivity contribution in [2.24, 2.45) is 11.8 Å². The van der Waals surface area contributed by atoms with Gasteiger partial charge in [0.05, 0.1) is 23.7 Å². The van der Waals surface area contributed by atoms with E-state index in [1.54, 1.807) is 4.68 Å². The van der Waals surface area contributed by atoms with Gasteiger partial charge in [0.15, 0.2) is 0 Å². The Morgan fingerprint density at radius 1 is 1.11 bits per heavy atom. The summed E-state index contributed by atoms with van der Waals surface area (Å²) in [5.74, 6) is 1.11. The lowest BCUT2D eigenvalue weighted by atomic mass is 9.86. The highest BCUT2D eigenvalue weighted by Gasteiger charge is 2.42. The first-order valence-corrected chi connectivity index (χ1v) is 13.3. The Bertz CT molecular complexity index is 1200. The molecule has 0 unspecified atom stereocenters. The molecule has 3 aromatic rings. The molecule has 0 radical (unpaired) electrons. The van der Waals surface area contributed by atoms with Gasteiger partial charge in [-0.3, -0.25) is 0 Å².